The quantitative estimate of drug-likeness (QED) is 0.783. The van der Waals surface area contributed by atoms with Crippen LogP contribution in [0.1, 0.15) is 12.8 Å². The number of carbonyl (C=O) groups excluding carboxylic acids is 1. The zero-order chi connectivity index (χ0) is 16.9. The molecule has 0 bridgehead atoms. The number of ether oxygens (including phenoxy) is 1. The molecule has 6 nitrogen and oxygen atoms in total. The van der Waals surface area contributed by atoms with Gasteiger partial charge in [-0.15, -0.1) is 0 Å². The fourth-order valence-corrected chi connectivity index (χ4v) is 4.10. The Labute approximate surface area is 145 Å². The topological polar surface area (TPSA) is 75.7 Å². The minimum absolute atomic E-state index is 0.0510. The van der Waals surface area contributed by atoms with Crippen molar-refractivity contribution >= 4 is 39.1 Å². The average Bonchev–Trinajstić information content (AvgIpc) is 3.01. The van der Waals surface area contributed by atoms with Gasteiger partial charge < -0.3 is 10.1 Å². The van der Waals surface area contributed by atoms with Crippen molar-refractivity contribution in [3.63, 3.8) is 0 Å². The molecule has 1 fully saturated rings. The first-order chi connectivity index (χ1) is 10.9. The molecule has 0 unspecified atom stereocenters. The number of carbonyl (C=O) groups is 1. The first-order valence-corrected chi connectivity index (χ1v) is 9.57. The summed E-state index contributed by atoms with van der Waals surface area (Å²) < 4.78 is 30.7. The van der Waals surface area contributed by atoms with Crippen LogP contribution in [0.3, 0.4) is 0 Å². The van der Waals surface area contributed by atoms with Crippen LogP contribution in [0, 0.1) is 0 Å². The predicted molar refractivity (Wildman–Crippen MR) is 89.6 cm³/mol. The third kappa shape index (κ3) is 5.53. The van der Waals surface area contributed by atoms with Gasteiger partial charge in [0.25, 0.3) is 5.91 Å². The molecule has 23 heavy (non-hydrogen) atoms. The van der Waals surface area contributed by atoms with E-state index in [1.54, 1.807) is 12.1 Å². The van der Waals surface area contributed by atoms with E-state index < -0.39 is 15.9 Å². The van der Waals surface area contributed by atoms with E-state index in [4.69, 9.17) is 27.9 Å². The van der Waals surface area contributed by atoms with Crippen molar-refractivity contribution in [2.24, 2.45) is 0 Å². The molecule has 2 rings (SSSR count). The molecule has 1 amide bonds. The number of halogens is 2. The summed E-state index contributed by atoms with van der Waals surface area (Å²) in [5.74, 6) is -0.177. The SMILES string of the molecule is O=C(COc1ccc(Cl)cc1Cl)NCCS(=O)(=O)N1CCCC1. The van der Waals surface area contributed by atoms with Gasteiger partial charge in [0.15, 0.2) is 6.61 Å². The minimum atomic E-state index is -3.29. The molecule has 0 atom stereocenters. The van der Waals surface area contributed by atoms with E-state index in [1.807, 2.05) is 0 Å². The van der Waals surface area contributed by atoms with Crippen molar-refractivity contribution < 1.29 is 17.9 Å². The highest BCUT2D eigenvalue weighted by molar-refractivity contribution is 7.89. The van der Waals surface area contributed by atoms with Gasteiger partial charge in [0.2, 0.25) is 10.0 Å². The molecule has 1 aromatic rings. The van der Waals surface area contributed by atoms with Crippen molar-refractivity contribution in [2.75, 3.05) is 32.0 Å². The Balaban J connectivity index is 1.73. The van der Waals surface area contributed by atoms with Crippen molar-refractivity contribution in [1.82, 2.24) is 9.62 Å². The maximum Gasteiger partial charge on any atom is 0.257 e. The highest BCUT2D eigenvalue weighted by Gasteiger charge is 2.24. The Bertz CT molecular complexity index is 661. The normalized spacial score (nSPS) is 15.6. The van der Waals surface area contributed by atoms with Crippen LogP contribution in [0.5, 0.6) is 5.75 Å². The maximum absolute atomic E-state index is 12.0. The van der Waals surface area contributed by atoms with Gasteiger partial charge >= 0.3 is 0 Å². The molecule has 1 N–H and O–H groups in total. The molecule has 1 aromatic carbocycles. The van der Waals surface area contributed by atoms with E-state index in [9.17, 15) is 13.2 Å². The number of sulfonamides is 1. The van der Waals surface area contributed by atoms with Gasteiger partial charge in [0.05, 0.1) is 10.8 Å². The number of amides is 1. The van der Waals surface area contributed by atoms with Crippen LogP contribution in [0.2, 0.25) is 10.0 Å². The fraction of sp³-hybridized carbons (Fsp3) is 0.500. The molecule has 1 heterocycles. The van der Waals surface area contributed by atoms with Crippen LogP contribution in [-0.4, -0.2) is 50.6 Å². The molecule has 128 valence electrons. The summed E-state index contributed by atoms with van der Waals surface area (Å²) in [4.78, 5) is 11.7. The van der Waals surface area contributed by atoms with Crippen LogP contribution in [0.15, 0.2) is 18.2 Å². The maximum atomic E-state index is 12.0. The van der Waals surface area contributed by atoms with Gasteiger partial charge in [-0.05, 0) is 31.0 Å². The van der Waals surface area contributed by atoms with Gasteiger partial charge in [0.1, 0.15) is 5.75 Å². The molecule has 0 aromatic heterocycles. The van der Waals surface area contributed by atoms with Crippen LogP contribution in [0.25, 0.3) is 0 Å². The van der Waals surface area contributed by atoms with Crippen molar-refractivity contribution in [2.45, 2.75) is 12.8 Å². The van der Waals surface area contributed by atoms with Crippen LogP contribution >= 0.6 is 23.2 Å². The second-order valence-electron chi connectivity index (χ2n) is 5.14. The number of hydrogen-bond donors (Lipinski definition) is 1. The van der Waals surface area contributed by atoms with Crippen molar-refractivity contribution in [1.29, 1.82) is 0 Å². The van der Waals surface area contributed by atoms with Gasteiger partial charge in [-0.3, -0.25) is 4.79 Å². The standard InChI is InChI=1S/C14H18Cl2N2O4S/c15-11-3-4-13(12(16)9-11)22-10-14(19)17-5-8-23(20,21)18-6-1-2-7-18/h3-4,9H,1-2,5-8,10H2,(H,17,19). The Kier molecular flexibility index (Phi) is 6.52. The average molecular weight is 381 g/mol. The highest BCUT2D eigenvalue weighted by atomic mass is 35.5. The zero-order valence-corrected chi connectivity index (χ0v) is 14.8. The van der Waals surface area contributed by atoms with E-state index >= 15 is 0 Å². The first-order valence-electron chi connectivity index (χ1n) is 7.21. The Hall–Kier alpha value is -1.02. The minimum Gasteiger partial charge on any atom is -0.482 e. The van der Waals surface area contributed by atoms with E-state index in [1.165, 1.54) is 10.4 Å². The molecule has 0 saturated carbocycles. The summed E-state index contributed by atoms with van der Waals surface area (Å²) >= 11 is 11.7. The van der Waals surface area contributed by atoms with Crippen molar-refractivity contribution in [3.05, 3.63) is 28.2 Å². The largest absolute Gasteiger partial charge is 0.482 e. The Morgan fingerprint density at radius 3 is 2.61 bits per heavy atom. The van der Waals surface area contributed by atoms with E-state index in [2.05, 4.69) is 5.32 Å². The summed E-state index contributed by atoms with van der Waals surface area (Å²) in [5, 5.41) is 3.30. The Morgan fingerprint density at radius 2 is 1.96 bits per heavy atom. The van der Waals surface area contributed by atoms with Crippen LogP contribution in [-0.2, 0) is 14.8 Å². The lowest BCUT2D eigenvalue weighted by Gasteiger charge is -2.15. The summed E-state index contributed by atoms with van der Waals surface area (Å²) in [6.45, 7) is 0.934. The molecular formula is C14H18Cl2N2O4S. The molecule has 0 spiro atoms. The lowest BCUT2D eigenvalue weighted by atomic mass is 10.3. The monoisotopic (exact) mass is 380 g/mol. The lowest BCUT2D eigenvalue weighted by molar-refractivity contribution is -0.122. The van der Waals surface area contributed by atoms with Crippen LogP contribution < -0.4 is 10.1 Å². The first kappa shape index (κ1) is 18.3. The number of nitrogens with zero attached hydrogens (tertiary/aromatic N) is 1. The highest BCUT2D eigenvalue weighted by Crippen LogP contribution is 2.27. The Morgan fingerprint density at radius 1 is 1.26 bits per heavy atom. The van der Waals surface area contributed by atoms with Gasteiger partial charge in [-0.2, -0.15) is 0 Å². The molecule has 0 radical (unpaired) electrons. The summed E-state index contributed by atoms with van der Waals surface area (Å²) in [5.41, 5.74) is 0. The molecule has 1 aliphatic rings. The number of hydrogen-bond acceptors (Lipinski definition) is 4. The molecule has 0 aliphatic carbocycles. The molecule has 9 heteroatoms. The van der Waals surface area contributed by atoms with Gasteiger partial charge in [-0.25, -0.2) is 12.7 Å². The van der Waals surface area contributed by atoms with Crippen molar-refractivity contribution in [3.8, 4) is 5.75 Å². The fourth-order valence-electron chi connectivity index (χ4n) is 2.20. The van der Waals surface area contributed by atoms with Gasteiger partial charge in [-0.1, -0.05) is 23.2 Å². The third-order valence-electron chi connectivity index (χ3n) is 3.39. The molecule has 1 aliphatic heterocycles. The number of benzene rings is 1. The van der Waals surface area contributed by atoms with E-state index in [-0.39, 0.29) is 18.9 Å². The van der Waals surface area contributed by atoms with E-state index in [0.717, 1.165) is 12.8 Å². The third-order valence-corrected chi connectivity index (χ3v) is 5.80. The molecule has 1 saturated heterocycles. The lowest BCUT2D eigenvalue weighted by Crippen LogP contribution is -2.37. The second kappa shape index (κ2) is 8.19. The summed E-state index contributed by atoms with van der Waals surface area (Å²) in [7, 11) is -3.29. The summed E-state index contributed by atoms with van der Waals surface area (Å²) in [6, 6.07) is 4.68. The number of nitrogens with one attached hydrogen (secondary N) is 1. The number of rotatable bonds is 7. The molecular weight excluding hydrogens is 363 g/mol. The predicted octanol–water partition coefficient (Wildman–Crippen LogP) is 1.91. The summed E-state index contributed by atoms with van der Waals surface area (Å²) in [6.07, 6.45) is 1.78. The van der Waals surface area contributed by atoms with Crippen LogP contribution in [0.4, 0.5) is 0 Å². The van der Waals surface area contributed by atoms with E-state index in [0.29, 0.717) is 28.9 Å². The zero-order valence-electron chi connectivity index (χ0n) is 12.4. The van der Waals surface area contributed by atoms with Gasteiger partial charge in [0, 0.05) is 24.7 Å². The second-order valence-corrected chi connectivity index (χ2v) is 8.07. The smallest absolute Gasteiger partial charge is 0.257 e.